The molecule has 0 bridgehead atoms. The van der Waals surface area contributed by atoms with Gasteiger partial charge < -0.3 is 10.4 Å². The molecule has 0 saturated heterocycles. The molecule has 5 nitrogen and oxygen atoms in total. The molecule has 4 rings (SSSR count). The SMILES string of the molecule is Cc1ccc2ccc(C(Nc3ncccc3C)c3ccncc3)c(O)c2n1. The molecule has 1 unspecified atom stereocenters. The maximum atomic E-state index is 11.0. The average molecular weight is 356 g/mol. The van der Waals surface area contributed by atoms with E-state index in [1.54, 1.807) is 18.6 Å². The number of phenolic OH excluding ortho intramolecular Hbond substituents is 1. The first-order valence-corrected chi connectivity index (χ1v) is 8.81. The fourth-order valence-corrected chi connectivity index (χ4v) is 3.19. The van der Waals surface area contributed by atoms with Crippen LogP contribution in [0.5, 0.6) is 5.75 Å². The van der Waals surface area contributed by atoms with Gasteiger partial charge in [-0.1, -0.05) is 24.3 Å². The van der Waals surface area contributed by atoms with E-state index >= 15 is 0 Å². The summed E-state index contributed by atoms with van der Waals surface area (Å²) in [4.78, 5) is 13.1. The Bertz CT molecular complexity index is 1100. The molecule has 0 aliphatic rings. The van der Waals surface area contributed by atoms with Crippen LogP contribution in [0, 0.1) is 13.8 Å². The Morgan fingerprint density at radius 3 is 2.48 bits per heavy atom. The molecule has 0 amide bonds. The van der Waals surface area contributed by atoms with Gasteiger partial charge in [0, 0.05) is 35.2 Å². The number of nitrogens with one attached hydrogen (secondary N) is 1. The predicted octanol–water partition coefficient (Wildman–Crippen LogP) is 4.55. The topological polar surface area (TPSA) is 70.9 Å². The summed E-state index contributed by atoms with van der Waals surface area (Å²) < 4.78 is 0. The minimum Gasteiger partial charge on any atom is -0.505 e. The van der Waals surface area contributed by atoms with Gasteiger partial charge in [0.05, 0.1) is 6.04 Å². The van der Waals surface area contributed by atoms with Crippen LogP contribution in [-0.2, 0) is 0 Å². The zero-order valence-electron chi connectivity index (χ0n) is 15.2. The Hall–Kier alpha value is -3.47. The van der Waals surface area contributed by atoms with E-state index in [9.17, 15) is 5.11 Å². The highest BCUT2D eigenvalue weighted by Gasteiger charge is 2.21. The lowest BCUT2D eigenvalue weighted by Crippen LogP contribution is -2.14. The van der Waals surface area contributed by atoms with Crippen LogP contribution in [0.25, 0.3) is 10.9 Å². The van der Waals surface area contributed by atoms with Gasteiger partial charge in [0.15, 0.2) is 0 Å². The first-order chi connectivity index (χ1) is 13.1. The van der Waals surface area contributed by atoms with Crippen LogP contribution in [0.4, 0.5) is 5.82 Å². The summed E-state index contributed by atoms with van der Waals surface area (Å²) in [6.07, 6.45) is 5.25. The molecular formula is C22H20N4O. The molecule has 1 atom stereocenters. The minimum atomic E-state index is -0.284. The molecule has 5 heteroatoms. The molecular weight excluding hydrogens is 336 g/mol. The van der Waals surface area contributed by atoms with E-state index in [-0.39, 0.29) is 11.8 Å². The summed E-state index contributed by atoms with van der Waals surface area (Å²) in [5.41, 5.74) is 4.23. The molecule has 2 N–H and O–H groups in total. The van der Waals surface area contributed by atoms with Crippen LogP contribution in [0.15, 0.2) is 67.1 Å². The third-order valence-electron chi connectivity index (χ3n) is 4.65. The van der Waals surface area contributed by atoms with Gasteiger partial charge in [-0.25, -0.2) is 9.97 Å². The van der Waals surface area contributed by atoms with E-state index in [0.717, 1.165) is 33.6 Å². The van der Waals surface area contributed by atoms with E-state index < -0.39 is 0 Å². The minimum absolute atomic E-state index is 0.180. The van der Waals surface area contributed by atoms with Crippen LogP contribution in [0.2, 0.25) is 0 Å². The molecule has 134 valence electrons. The fraction of sp³-hybridized carbons (Fsp3) is 0.136. The van der Waals surface area contributed by atoms with Crippen molar-refractivity contribution in [3.63, 3.8) is 0 Å². The second kappa shape index (κ2) is 7.03. The van der Waals surface area contributed by atoms with E-state index in [1.807, 2.05) is 62.4 Å². The average Bonchev–Trinajstić information content (AvgIpc) is 2.69. The third kappa shape index (κ3) is 3.31. The number of rotatable bonds is 4. The van der Waals surface area contributed by atoms with Crippen molar-refractivity contribution in [3.05, 3.63) is 89.5 Å². The monoisotopic (exact) mass is 356 g/mol. The summed E-state index contributed by atoms with van der Waals surface area (Å²) in [7, 11) is 0. The maximum absolute atomic E-state index is 11.0. The van der Waals surface area contributed by atoms with Crippen molar-refractivity contribution < 1.29 is 5.11 Å². The lowest BCUT2D eigenvalue weighted by molar-refractivity contribution is 0.471. The first kappa shape index (κ1) is 17.0. The Morgan fingerprint density at radius 1 is 0.926 bits per heavy atom. The highest BCUT2D eigenvalue weighted by Crippen LogP contribution is 2.36. The molecule has 4 aromatic rings. The summed E-state index contributed by atoms with van der Waals surface area (Å²) in [6, 6.07) is 15.3. The zero-order chi connectivity index (χ0) is 18.8. The molecule has 1 aromatic carbocycles. The summed E-state index contributed by atoms with van der Waals surface area (Å²) in [5.74, 6) is 0.954. The van der Waals surface area contributed by atoms with Crippen molar-refractivity contribution in [2.45, 2.75) is 19.9 Å². The summed E-state index contributed by atoms with van der Waals surface area (Å²) in [6.45, 7) is 3.92. The number of aryl methyl sites for hydroxylation is 2. The number of aromatic hydroxyl groups is 1. The standard InChI is InChI=1S/C22H20N4O/c1-14-4-3-11-24-22(14)26-19(17-9-12-23-13-10-17)18-8-7-16-6-5-15(2)25-20(16)21(18)27/h3-13,19,27H,1-2H3,(H,24,26). The zero-order valence-corrected chi connectivity index (χ0v) is 15.2. The van der Waals surface area contributed by atoms with Gasteiger partial charge in [0.25, 0.3) is 0 Å². The predicted molar refractivity (Wildman–Crippen MR) is 107 cm³/mol. The number of nitrogens with zero attached hydrogens (tertiary/aromatic N) is 3. The smallest absolute Gasteiger partial charge is 0.147 e. The van der Waals surface area contributed by atoms with Crippen molar-refractivity contribution in [1.29, 1.82) is 0 Å². The molecule has 0 spiro atoms. The number of hydrogen-bond acceptors (Lipinski definition) is 5. The van der Waals surface area contributed by atoms with E-state index in [2.05, 4.69) is 20.3 Å². The first-order valence-electron chi connectivity index (χ1n) is 8.81. The van der Waals surface area contributed by atoms with Crippen molar-refractivity contribution >= 4 is 16.7 Å². The number of fused-ring (bicyclic) bond motifs is 1. The number of aromatic nitrogens is 3. The van der Waals surface area contributed by atoms with Crippen LogP contribution >= 0.6 is 0 Å². The molecule has 0 fully saturated rings. The van der Waals surface area contributed by atoms with Crippen molar-refractivity contribution in [2.75, 3.05) is 5.32 Å². The van der Waals surface area contributed by atoms with Crippen LogP contribution in [0.1, 0.15) is 28.4 Å². The van der Waals surface area contributed by atoms with Gasteiger partial charge in [-0.15, -0.1) is 0 Å². The molecule has 0 aliphatic carbocycles. The van der Waals surface area contributed by atoms with E-state index in [0.29, 0.717) is 5.52 Å². The van der Waals surface area contributed by atoms with Gasteiger partial charge in [0.2, 0.25) is 0 Å². The molecule has 0 saturated carbocycles. The van der Waals surface area contributed by atoms with E-state index in [1.165, 1.54) is 0 Å². The van der Waals surface area contributed by atoms with Gasteiger partial charge in [-0.05, 0) is 49.2 Å². The highest BCUT2D eigenvalue weighted by atomic mass is 16.3. The molecule has 0 radical (unpaired) electrons. The fourth-order valence-electron chi connectivity index (χ4n) is 3.19. The van der Waals surface area contributed by atoms with Gasteiger partial charge in [-0.2, -0.15) is 0 Å². The highest BCUT2D eigenvalue weighted by molar-refractivity contribution is 5.86. The molecule has 3 aromatic heterocycles. The third-order valence-corrected chi connectivity index (χ3v) is 4.65. The Labute approximate surface area is 157 Å². The van der Waals surface area contributed by atoms with Gasteiger partial charge in [0.1, 0.15) is 17.1 Å². The van der Waals surface area contributed by atoms with Gasteiger partial charge in [-0.3, -0.25) is 4.98 Å². The van der Waals surface area contributed by atoms with Gasteiger partial charge >= 0.3 is 0 Å². The summed E-state index contributed by atoms with van der Waals surface area (Å²) >= 11 is 0. The van der Waals surface area contributed by atoms with Crippen LogP contribution in [-0.4, -0.2) is 20.1 Å². The number of benzene rings is 1. The normalized spacial score (nSPS) is 12.1. The van der Waals surface area contributed by atoms with E-state index in [4.69, 9.17) is 0 Å². The summed E-state index contributed by atoms with van der Waals surface area (Å²) in [5, 5.41) is 15.4. The van der Waals surface area contributed by atoms with Crippen molar-refractivity contribution in [3.8, 4) is 5.75 Å². The maximum Gasteiger partial charge on any atom is 0.147 e. The molecule has 27 heavy (non-hydrogen) atoms. The number of phenols is 1. The lowest BCUT2D eigenvalue weighted by Gasteiger charge is -2.22. The molecule has 0 aliphatic heterocycles. The molecule has 3 heterocycles. The van der Waals surface area contributed by atoms with Crippen LogP contribution < -0.4 is 5.32 Å². The van der Waals surface area contributed by atoms with Crippen LogP contribution in [0.3, 0.4) is 0 Å². The second-order valence-corrected chi connectivity index (χ2v) is 6.55. The lowest BCUT2D eigenvalue weighted by atomic mass is 9.96. The Balaban J connectivity index is 1.87. The number of pyridine rings is 3. The number of hydrogen-bond donors (Lipinski definition) is 2. The van der Waals surface area contributed by atoms with Crippen molar-refractivity contribution in [2.24, 2.45) is 0 Å². The Morgan fingerprint density at radius 2 is 1.70 bits per heavy atom. The Kier molecular flexibility index (Phi) is 4.42. The van der Waals surface area contributed by atoms with Crippen molar-refractivity contribution in [1.82, 2.24) is 15.0 Å². The largest absolute Gasteiger partial charge is 0.505 e. The number of anilines is 1. The second-order valence-electron chi connectivity index (χ2n) is 6.55. The quantitative estimate of drug-likeness (QED) is 0.561.